The Kier molecular flexibility index (Phi) is 4.36. The first-order valence-corrected chi connectivity index (χ1v) is 7.55. The molecule has 1 fully saturated rings. The zero-order chi connectivity index (χ0) is 16.2. The fourth-order valence-corrected chi connectivity index (χ4v) is 2.73. The number of aryl methyl sites for hydroxylation is 1. The van der Waals surface area contributed by atoms with Crippen molar-refractivity contribution in [3.8, 4) is 0 Å². The maximum Gasteiger partial charge on any atom is 0.287 e. The molecule has 23 heavy (non-hydrogen) atoms. The Morgan fingerprint density at radius 2 is 2.26 bits per heavy atom. The number of nitrogens with one attached hydrogen (secondary N) is 1. The van der Waals surface area contributed by atoms with Gasteiger partial charge in [-0.1, -0.05) is 0 Å². The van der Waals surface area contributed by atoms with Crippen LogP contribution in [0.25, 0.3) is 0 Å². The molecule has 1 amide bonds. The van der Waals surface area contributed by atoms with E-state index in [9.17, 15) is 9.59 Å². The van der Waals surface area contributed by atoms with Gasteiger partial charge in [0.1, 0.15) is 11.6 Å². The highest BCUT2D eigenvalue weighted by atomic mass is 16.3. The molecule has 1 N–H and O–H groups in total. The maximum atomic E-state index is 12.3. The van der Waals surface area contributed by atoms with Crippen LogP contribution < -0.4 is 15.6 Å². The Morgan fingerprint density at radius 3 is 3.00 bits per heavy atom. The third-order valence-corrected chi connectivity index (χ3v) is 3.74. The second-order valence-corrected chi connectivity index (χ2v) is 5.59. The maximum absolute atomic E-state index is 12.3. The lowest BCUT2D eigenvalue weighted by atomic mass is 10.1. The average molecular weight is 314 g/mol. The number of carbonyl (C=O) groups excluding carboxylic acids is 1. The number of piperidine rings is 1. The average Bonchev–Trinajstić information content (AvgIpc) is 2.55. The van der Waals surface area contributed by atoms with Gasteiger partial charge in [-0.3, -0.25) is 14.6 Å². The van der Waals surface area contributed by atoms with E-state index < -0.39 is 0 Å². The number of anilines is 1. The molecule has 3 rings (SSSR count). The fourth-order valence-electron chi connectivity index (χ4n) is 2.73. The van der Waals surface area contributed by atoms with Crippen LogP contribution in [0.4, 0.5) is 5.82 Å². The minimum absolute atomic E-state index is 0.0240. The third kappa shape index (κ3) is 3.74. The molecule has 0 radical (unpaired) electrons. The Balaban J connectivity index is 1.67. The first-order chi connectivity index (χ1) is 11.1. The van der Waals surface area contributed by atoms with Crippen LogP contribution in [-0.4, -0.2) is 35.0 Å². The highest BCUT2D eigenvalue weighted by Crippen LogP contribution is 2.16. The van der Waals surface area contributed by atoms with Crippen LogP contribution >= 0.6 is 0 Å². The quantitative estimate of drug-likeness (QED) is 0.914. The molecule has 0 spiro atoms. The molecule has 7 heteroatoms. The highest BCUT2D eigenvalue weighted by Gasteiger charge is 2.23. The van der Waals surface area contributed by atoms with Crippen LogP contribution in [0.15, 0.2) is 39.9 Å². The molecule has 3 heterocycles. The second kappa shape index (κ2) is 6.60. The van der Waals surface area contributed by atoms with Crippen molar-refractivity contribution >= 4 is 11.7 Å². The Labute approximate surface area is 133 Å². The number of rotatable bonds is 3. The monoisotopic (exact) mass is 314 g/mol. The largest absolute Gasteiger partial charge is 0.456 e. The smallest absolute Gasteiger partial charge is 0.287 e. The van der Waals surface area contributed by atoms with Crippen LogP contribution in [0.5, 0.6) is 0 Å². The Hall–Kier alpha value is -2.70. The summed E-state index contributed by atoms with van der Waals surface area (Å²) in [7, 11) is 0. The molecule has 2 aromatic rings. The molecule has 0 bridgehead atoms. The summed E-state index contributed by atoms with van der Waals surface area (Å²) in [5.74, 6) is 0.907. The van der Waals surface area contributed by atoms with Gasteiger partial charge < -0.3 is 14.6 Å². The lowest BCUT2D eigenvalue weighted by Crippen LogP contribution is -2.48. The minimum atomic E-state index is -0.364. The van der Waals surface area contributed by atoms with Crippen molar-refractivity contribution in [1.82, 2.24) is 15.3 Å². The van der Waals surface area contributed by atoms with Gasteiger partial charge in [0.25, 0.3) is 5.91 Å². The summed E-state index contributed by atoms with van der Waals surface area (Å²) in [6.07, 6.45) is 6.81. The molecule has 1 unspecified atom stereocenters. The van der Waals surface area contributed by atoms with Crippen LogP contribution in [0, 0.1) is 6.92 Å². The van der Waals surface area contributed by atoms with Crippen molar-refractivity contribution in [3.05, 3.63) is 52.5 Å². The summed E-state index contributed by atoms with van der Waals surface area (Å²) in [5, 5.41) is 2.93. The minimum Gasteiger partial charge on any atom is -0.456 e. The molecule has 0 aliphatic carbocycles. The van der Waals surface area contributed by atoms with Gasteiger partial charge in [0.2, 0.25) is 0 Å². The number of carbonyl (C=O) groups is 1. The van der Waals surface area contributed by atoms with Gasteiger partial charge in [-0.05, 0) is 19.8 Å². The molecule has 7 nitrogen and oxygen atoms in total. The topological polar surface area (TPSA) is 88.3 Å². The molecule has 1 aliphatic rings. The second-order valence-electron chi connectivity index (χ2n) is 5.59. The number of hydrogen-bond acceptors (Lipinski definition) is 6. The summed E-state index contributed by atoms with van der Waals surface area (Å²) in [6.45, 7) is 3.18. The van der Waals surface area contributed by atoms with E-state index in [0.29, 0.717) is 12.3 Å². The van der Waals surface area contributed by atoms with Crippen molar-refractivity contribution in [2.75, 3.05) is 18.0 Å². The van der Waals surface area contributed by atoms with Crippen LogP contribution in [-0.2, 0) is 0 Å². The molecule has 1 aliphatic heterocycles. The molecule has 1 saturated heterocycles. The molecular formula is C16H18N4O3. The van der Waals surface area contributed by atoms with E-state index in [4.69, 9.17) is 4.42 Å². The van der Waals surface area contributed by atoms with E-state index in [1.807, 2.05) is 0 Å². The van der Waals surface area contributed by atoms with E-state index in [-0.39, 0.29) is 23.1 Å². The van der Waals surface area contributed by atoms with E-state index in [2.05, 4.69) is 20.2 Å². The molecule has 0 aromatic carbocycles. The van der Waals surface area contributed by atoms with Crippen molar-refractivity contribution in [3.63, 3.8) is 0 Å². The Morgan fingerprint density at radius 1 is 1.39 bits per heavy atom. The molecule has 2 aromatic heterocycles. The van der Waals surface area contributed by atoms with E-state index in [1.165, 1.54) is 12.1 Å². The normalized spacial score (nSPS) is 17.8. The molecule has 1 atom stereocenters. The first kappa shape index (κ1) is 15.2. The van der Waals surface area contributed by atoms with Gasteiger partial charge in [0, 0.05) is 43.7 Å². The zero-order valence-corrected chi connectivity index (χ0v) is 12.9. The molecule has 120 valence electrons. The SMILES string of the molecule is Cc1cc(=O)cc(C(=O)NC2CCCN(c3cnccn3)C2)o1. The molecular weight excluding hydrogens is 296 g/mol. The van der Waals surface area contributed by atoms with Gasteiger partial charge in [-0.15, -0.1) is 0 Å². The van der Waals surface area contributed by atoms with Gasteiger partial charge in [-0.25, -0.2) is 4.98 Å². The standard InChI is InChI=1S/C16H18N4O3/c1-11-7-13(21)8-14(23-11)16(22)19-12-3-2-6-20(10-12)15-9-17-4-5-18-15/h4-5,7-9,12H,2-3,6,10H2,1H3,(H,19,22). The summed E-state index contributed by atoms with van der Waals surface area (Å²) in [5.41, 5.74) is -0.233. The van der Waals surface area contributed by atoms with Gasteiger partial charge in [0.05, 0.1) is 6.20 Å². The first-order valence-electron chi connectivity index (χ1n) is 7.55. The van der Waals surface area contributed by atoms with Crippen LogP contribution in [0.3, 0.4) is 0 Å². The van der Waals surface area contributed by atoms with Crippen molar-refractivity contribution in [2.45, 2.75) is 25.8 Å². The lowest BCUT2D eigenvalue weighted by Gasteiger charge is -2.33. The summed E-state index contributed by atoms with van der Waals surface area (Å²) in [4.78, 5) is 34.2. The van der Waals surface area contributed by atoms with E-state index in [1.54, 1.807) is 25.5 Å². The third-order valence-electron chi connectivity index (χ3n) is 3.74. The number of nitrogens with zero attached hydrogens (tertiary/aromatic N) is 3. The van der Waals surface area contributed by atoms with Gasteiger partial charge in [-0.2, -0.15) is 0 Å². The summed E-state index contributed by atoms with van der Waals surface area (Å²) in [6, 6.07) is 2.54. The number of aromatic nitrogens is 2. The van der Waals surface area contributed by atoms with Gasteiger partial charge >= 0.3 is 0 Å². The summed E-state index contributed by atoms with van der Waals surface area (Å²) < 4.78 is 5.32. The zero-order valence-electron chi connectivity index (χ0n) is 12.9. The van der Waals surface area contributed by atoms with E-state index in [0.717, 1.165) is 25.2 Å². The van der Waals surface area contributed by atoms with Crippen molar-refractivity contribution in [1.29, 1.82) is 0 Å². The highest BCUT2D eigenvalue weighted by molar-refractivity contribution is 5.91. The predicted molar refractivity (Wildman–Crippen MR) is 84.4 cm³/mol. The molecule has 0 saturated carbocycles. The number of hydrogen-bond donors (Lipinski definition) is 1. The lowest BCUT2D eigenvalue weighted by molar-refractivity contribution is 0.0901. The van der Waals surface area contributed by atoms with Crippen molar-refractivity contribution in [2.24, 2.45) is 0 Å². The van der Waals surface area contributed by atoms with E-state index >= 15 is 0 Å². The summed E-state index contributed by atoms with van der Waals surface area (Å²) >= 11 is 0. The Bertz CT molecular complexity index is 744. The fraction of sp³-hybridized carbons (Fsp3) is 0.375. The van der Waals surface area contributed by atoms with Crippen LogP contribution in [0.2, 0.25) is 0 Å². The predicted octanol–water partition coefficient (Wildman–Crippen LogP) is 1.14. The van der Waals surface area contributed by atoms with Gasteiger partial charge in [0.15, 0.2) is 11.2 Å². The van der Waals surface area contributed by atoms with Crippen LogP contribution in [0.1, 0.15) is 29.2 Å². The van der Waals surface area contributed by atoms with Crippen molar-refractivity contribution < 1.29 is 9.21 Å². The number of amides is 1.